The van der Waals surface area contributed by atoms with Gasteiger partial charge in [0.1, 0.15) is 0 Å². The third-order valence-corrected chi connectivity index (χ3v) is 1.23. The zero-order valence-electron chi connectivity index (χ0n) is 7.41. The summed E-state index contributed by atoms with van der Waals surface area (Å²) in [4.78, 5) is 20.7. The first-order chi connectivity index (χ1) is 6.04. The topological polar surface area (TPSA) is 98.2 Å². The monoisotopic (exact) mass is 183 g/mol. The van der Waals surface area contributed by atoms with Crippen LogP contribution in [0.15, 0.2) is 23.9 Å². The fraction of sp³-hybridized carbons (Fsp3) is 0.250. The number of allylic oxidation sites excluding steroid dienone is 2. The Kier molecular flexibility index (Phi) is 5.02. The minimum atomic E-state index is -0.473. The normalized spacial score (nSPS) is 11.6. The van der Waals surface area contributed by atoms with Gasteiger partial charge in [0.15, 0.2) is 0 Å². The molecule has 5 nitrogen and oxygen atoms in total. The van der Waals surface area contributed by atoms with Gasteiger partial charge >= 0.3 is 0 Å². The van der Waals surface area contributed by atoms with Gasteiger partial charge in [-0.15, -0.1) is 0 Å². The van der Waals surface area contributed by atoms with Crippen LogP contribution in [0.4, 0.5) is 0 Å². The molecule has 0 saturated carbocycles. The molecule has 0 heterocycles. The van der Waals surface area contributed by atoms with Crippen LogP contribution < -0.4 is 16.8 Å². The van der Waals surface area contributed by atoms with Crippen molar-refractivity contribution in [1.29, 1.82) is 0 Å². The lowest BCUT2D eigenvalue weighted by molar-refractivity contribution is -0.117. The van der Waals surface area contributed by atoms with Crippen molar-refractivity contribution in [2.45, 2.75) is 6.92 Å². The number of carbonyl (C=O) groups is 2. The van der Waals surface area contributed by atoms with Gasteiger partial charge in [-0.2, -0.15) is 0 Å². The Morgan fingerprint density at radius 2 is 2.00 bits per heavy atom. The highest BCUT2D eigenvalue weighted by molar-refractivity contribution is 5.91. The van der Waals surface area contributed by atoms with Crippen molar-refractivity contribution in [3.8, 4) is 0 Å². The van der Waals surface area contributed by atoms with Crippen molar-refractivity contribution in [3.63, 3.8) is 0 Å². The van der Waals surface area contributed by atoms with E-state index in [2.05, 4.69) is 5.32 Å². The van der Waals surface area contributed by atoms with Crippen LogP contribution in [0, 0.1) is 0 Å². The molecular formula is C8H13N3O2. The highest BCUT2D eigenvalue weighted by Crippen LogP contribution is 1.89. The Morgan fingerprint density at radius 3 is 2.46 bits per heavy atom. The van der Waals surface area contributed by atoms with Gasteiger partial charge in [-0.05, 0) is 19.2 Å². The quantitative estimate of drug-likeness (QED) is 0.377. The summed E-state index contributed by atoms with van der Waals surface area (Å²) >= 11 is 0. The molecule has 0 unspecified atom stereocenters. The van der Waals surface area contributed by atoms with Gasteiger partial charge in [0.05, 0.1) is 6.54 Å². The summed E-state index contributed by atoms with van der Waals surface area (Å²) in [5.74, 6) is -0.917. The molecule has 2 amide bonds. The van der Waals surface area contributed by atoms with Gasteiger partial charge in [0.2, 0.25) is 11.8 Å². The van der Waals surface area contributed by atoms with Crippen LogP contribution >= 0.6 is 0 Å². The fourth-order valence-electron chi connectivity index (χ4n) is 0.502. The number of hydrogen-bond acceptors (Lipinski definition) is 3. The summed E-state index contributed by atoms with van der Waals surface area (Å²) in [5, 5.41) is 2.63. The van der Waals surface area contributed by atoms with Crippen LogP contribution in [-0.4, -0.2) is 18.4 Å². The second-order valence-corrected chi connectivity index (χ2v) is 2.42. The number of nitrogens with two attached hydrogens (primary N) is 2. The van der Waals surface area contributed by atoms with Gasteiger partial charge in [-0.3, -0.25) is 9.59 Å². The first kappa shape index (κ1) is 11.2. The molecule has 0 aliphatic heterocycles. The van der Waals surface area contributed by atoms with Gasteiger partial charge in [0.25, 0.3) is 0 Å². The Labute approximate surface area is 76.5 Å². The molecule has 0 spiro atoms. The number of hydrogen-bond donors (Lipinski definition) is 3. The van der Waals surface area contributed by atoms with E-state index in [0.717, 1.165) is 0 Å². The number of primary amides is 2. The van der Waals surface area contributed by atoms with E-state index in [0.29, 0.717) is 5.57 Å². The SMILES string of the molecule is C/C(=C\C=C/NCC(N)=O)C(N)=O. The maximum Gasteiger partial charge on any atom is 0.244 e. The first-order valence-corrected chi connectivity index (χ1v) is 3.69. The summed E-state index contributed by atoms with van der Waals surface area (Å²) in [6, 6.07) is 0. The molecule has 0 aliphatic carbocycles. The first-order valence-electron chi connectivity index (χ1n) is 3.69. The molecule has 0 aliphatic rings. The van der Waals surface area contributed by atoms with Crippen molar-refractivity contribution in [2.75, 3.05) is 6.54 Å². The second-order valence-electron chi connectivity index (χ2n) is 2.42. The second kappa shape index (κ2) is 5.82. The lowest BCUT2D eigenvalue weighted by Crippen LogP contribution is -2.24. The van der Waals surface area contributed by atoms with Crippen LogP contribution in [0.3, 0.4) is 0 Å². The molecule has 5 N–H and O–H groups in total. The molecule has 0 aromatic heterocycles. The van der Waals surface area contributed by atoms with E-state index in [1.165, 1.54) is 12.3 Å². The molecule has 0 bridgehead atoms. The van der Waals surface area contributed by atoms with E-state index in [9.17, 15) is 9.59 Å². The maximum atomic E-state index is 10.5. The lowest BCUT2D eigenvalue weighted by atomic mass is 10.3. The third-order valence-electron chi connectivity index (χ3n) is 1.23. The molecule has 0 rings (SSSR count). The van der Waals surface area contributed by atoms with E-state index in [-0.39, 0.29) is 6.54 Å². The summed E-state index contributed by atoms with van der Waals surface area (Å²) in [6.07, 6.45) is 4.62. The largest absolute Gasteiger partial charge is 0.382 e. The molecule has 0 saturated heterocycles. The van der Waals surface area contributed by atoms with Crippen molar-refractivity contribution in [2.24, 2.45) is 11.5 Å². The minimum absolute atomic E-state index is 0.0694. The van der Waals surface area contributed by atoms with Gasteiger partial charge < -0.3 is 16.8 Å². The highest BCUT2D eigenvalue weighted by atomic mass is 16.1. The van der Waals surface area contributed by atoms with Crippen molar-refractivity contribution in [1.82, 2.24) is 5.32 Å². The van der Waals surface area contributed by atoms with Crippen LogP contribution in [0.1, 0.15) is 6.92 Å². The van der Waals surface area contributed by atoms with Gasteiger partial charge in [-0.25, -0.2) is 0 Å². The number of rotatable bonds is 5. The summed E-state index contributed by atoms with van der Waals surface area (Å²) in [6.45, 7) is 1.67. The van der Waals surface area contributed by atoms with Crippen molar-refractivity contribution < 1.29 is 9.59 Å². The fourth-order valence-corrected chi connectivity index (χ4v) is 0.502. The standard InChI is InChI=1S/C8H13N3O2/c1-6(8(10)13)3-2-4-11-5-7(9)12/h2-4,11H,5H2,1H3,(H2,9,12)(H2,10,13)/b4-2-,6-3+. The van der Waals surface area contributed by atoms with E-state index >= 15 is 0 Å². The summed E-state index contributed by atoms with van der Waals surface area (Å²) < 4.78 is 0. The number of nitrogens with one attached hydrogen (secondary N) is 1. The zero-order chi connectivity index (χ0) is 10.3. The van der Waals surface area contributed by atoms with Gasteiger partial charge in [0, 0.05) is 5.57 Å². The predicted molar refractivity (Wildman–Crippen MR) is 49.3 cm³/mol. The Hall–Kier alpha value is -1.78. The Morgan fingerprint density at radius 1 is 1.38 bits per heavy atom. The molecule has 0 atom stereocenters. The van der Waals surface area contributed by atoms with E-state index < -0.39 is 11.8 Å². The Bertz CT molecular complexity index is 256. The molecule has 72 valence electrons. The molecule has 0 radical (unpaired) electrons. The van der Waals surface area contributed by atoms with Crippen molar-refractivity contribution in [3.05, 3.63) is 23.9 Å². The Balaban J connectivity index is 3.81. The highest BCUT2D eigenvalue weighted by Gasteiger charge is 1.92. The summed E-state index contributed by atoms with van der Waals surface area (Å²) in [7, 11) is 0. The number of carbonyl (C=O) groups excluding carboxylic acids is 2. The molecular weight excluding hydrogens is 170 g/mol. The van der Waals surface area contributed by atoms with Crippen LogP contribution in [0.25, 0.3) is 0 Å². The number of amides is 2. The molecule has 0 aromatic carbocycles. The molecule has 0 aromatic rings. The van der Waals surface area contributed by atoms with E-state index in [1.807, 2.05) is 0 Å². The van der Waals surface area contributed by atoms with Crippen LogP contribution in [0.5, 0.6) is 0 Å². The van der Waals surface area contributed by atoms with Crippen LogP contribution in [0.2, 0.25) is 0 Å². The predicted octanol–water partition coefficient (Wildman–Crippen LogP) is -0.993. The molecule has 13 heavy (non-hydrogen) atoms. The average Bonchev–Trinajstić information content (AvgIpc) is 2.02. The lowest BCUT2D eigenvalue weighted by Gasteiger charge is -1.93. The van der Waals surface area contributed by atoms with Gasteiger partial charge in [-0.1, -0.05) is 6.08 Å². The van der Waals surface area contributed by atoms with Crippen LogP contribution in [-0.2, 0) is 9.59 Å². The third kappa shape index (κ3) is 6.61. The zero-order valence-corrected chi connectivity index (χ0v) is 7.41. The molecule has 0 fully saturated rings. The van der Waals surface area contributed by atoms with Crippen molar-refractivity contribution >= 4 is 11.8 Å². The van der Waals surface area contributed by atoms with E-state index in [1.54, 1.807) is 13.0 Å². The maximum absolute atomic E-state index is 10.5. The summed E-state index contributed by atoms with van der Waals surface area (Å²) in [5.41, 5.74) is 10.3. The minimum Gasteiger partial charge on any atom is -0.382 e. The molecule has 5 heteroatoms. The average molecular weight is 183 g/mol. The van der Waals surface area contributed by atoms with E-state index in [4.69, 9.17) is 11.5 Å². The smallest absolute Gasteiger partial charge is 0.244 e.